The summed E-state index contributed by atoms with van der Waals surface area (Å²) >= 11 is 6.10. The van der Waals surface area contributed by atoms with Gasteiger partial charge in [0.15, 0.2) is 0 Å². The topological polar surface area (TPSA) is 80.7 Å². The number of urea groups is 1. The van der Waals surface area contributed by atoms with Crippen molar-refractivity contribution >= 4 is 29.3 Å². The Morgan fingerprint density at radius 3 is 2.47 bits per heavy atom. The molecule has 1 aliphatic rings. The Morgan fingerprint density at radius 2 is 1.72 bits per heavy atom. The molecule has 0 aliphatic carbocycles. The van der Waals surface area contributed by atoms with Crippen LogP contribution >= 0.6 is 11.6 Å². The first-order valence-corrected chi connectivity index (χ1v) is 10.7. The van der Waals surface area contributed by atoms with Crippen LogP contribution in [0.4, 0.5) is 4.79 Å². The molecule has 0 radical (unpaired) electrons. The Labute approximate surface area is 191 Å². The number of rotatable bonds is 7. The average Bonchev–Trinajstić information content (AvgIpc) is 2.82. The maximum atomic E-state index is 13.2. The molecular weight excluding hydrogens is 426 g/mol. The summed E-state index contributed by atoms with van der Waals surface area (Å²) in [5.74, 6) is -1.17. The summed E-state index contributed by atoms with van der Waals surface area (Å²) in [6.45, 7) is 0.148. The summed E-state index contributed by atoms with van der Waals surface area (Å²) in [6, 6.07) is 19.5. The molecule has 0 bridgehead atoms. The zero-order valence-corrected chi connectivity index (χ0v) is 18.0. The standard InChI is InChI=1S/C25H22ClN3O3/c26-20-8-4-7-17(15-20)9-10-21-22(24(30)32-16-18-5-2-1-3-6-18)23(29-25(31)28-21)19-11-13-27-14-12-19/h1-8,11-15,22-23H,9-10,16H2,(H,29,31). The van der Waals surface area contributed by atoms with Crippen LogP contribution in [-0.4, -0.2) is 22.7 Å². The van der Waals surface area contributed by atoms with Crippen molar-refractivity contribution in [3.8, 4) is 0 Å². The third kappa shape index (κ3) is 5.39. The van der Waals surface area contributed by atoms with Crippen LogP contribution in [0.25, 0.3) is 0 Å². The summed E-state index contributed by atoms with van der Waals surface area (Å²) in [5, 5.41) is 3.46. The van der Waals surface area contributed by atoms with Crippen LogP contribution in [0.1, 0.15) is 29.2 Å². The van der Waals surface area contributed by atoms with E-state index < -0.39 is 24.0 Å². The minimum Gasteiger partial charge on any atom is -0.460 e. The molecule has 2 heterocycles. The van der Waals surface area contributed by atoms with Gasteiger partial charge in [-0.1, -0.05) is 54.1 Å². The van der Waals surface area contributed by atoms with Gasteiger partial charge in [-0.15, -0.1) is 0 Å². The number of nitrogens with zero attached hydrogens (tertiary/aromatic N) is 2. The summed E-state index contributed by atoms with van der Waals surface area (Å²) in [7, 11) is 0. The molecule has 162 valence electrons. The Bertz CT molecular complexity index is 1120. The highest BCUT2D eigenvalue weighted by Gasteiger charge is 2.39. The molecule has 2 aromatic carbocycles. The average molecular weight is 448 g/mol. The Morgan fingerprint density at radius 1 is 0.969 bits per heavy atom. The van der Waals surface area contributed by atoms with Crippen molar-refractivity contribution < 1.29 is 14.3 Å². The largest absolute Gasteiger partial charge is 0.460 e. The lowest BCUT2D eigenvalue weighted by molar-refractivity contribution is -0.148. The van der Waals surface area contributed by atoms with Crippen LogP contribution in [0.2, 0.25) is 5.02 Å². The van der Waals surface area contributed by atoms with Crippen molar-refractivity contribution in [2.24, 2.45) is 10.9 Å². The zero-order valence-electron chi connectivity index (χ0n) is 17.3. The second-order valence-corrected chi connectivity index (χ2v) is 7.95. The Hall–Kier alpha value is -3.51. The van der Waals surface area contributed by atoms with E-state index in [0.717, 1.165) is 16.7 Å². The predicted molar refractivity (Wildman–Crippen MR) is 122 cm³/mol. The molecule has 0 spiro atoms. The quantitative estimate of drug-likeness (QED) is 0.520. The molecule has 2 atom stereocenters. The minimum absolute atomic E-state index is 0.148. The molecule has 1 N–H and O–H groups in total. The number of amides is 2. The van der Waals surface area contributed by atoms with Crippen LogP contribution in [0.3, 0.4) is 0 Å². The van der Waals surface area contributed by atoms with Crippen molar-refractivity contribution in [3.05, 3.63) is 101 Å². The monoisotopic (exact) mass is 447 g/mol. The van der Waals surface area contributed by atoms with E-state index in [1.54, 1.807) is 30.6 Å². The van der Waals surface area contributed by atoms with Crippen molar-refractivity contribution in [2.45, 2.75) is 25.5 Å². The first kappa shape index (κ1) is 21.7. The van der Waals surface area contributed by atoms with Crippen molar-refractivity contribution in [3.63, 3.8) is 0 Å². The van der Waals surface area contributed by atoms with Crippen molar-refractivity contribution in [1.29, 1.82) is 0 Å². The molecule has 1 aliphatic heterocycles. The second kappa shape index (κ2) is 10.2. The number of pyridine rings is 1. The van der Waals surface area contributed by atoms with Crippen LogP contribution in [0, 0.1) is 5.92 Å². The second-order valence-electron chi connectivity index (χ2n) is 7.51. The number of carbonyl (C=O) groups is 2. The fourth-order valence-electron chi connectivity index (χ4n) is 3.75. The maximum Gasteiger partial charge on any atom is 0.341 e. The molecule has 1 aromatic heterocycles. The molecule has 2 amide bonds. The number of ether oxygens (including phenoxy) is 1. The van der Waals surface area contributed by atoms with Gasteiger partial charge in [-0.25, -0.2) is 9.79 Å². The van der Waals surface area contributed by atoms with E-state index >= 15 is 0 Å². The SMILES string of the molecule is O=C1N=C(CCc2cccc(Cl)c2)C(C(=O)OCc2ccccc2)C(c2ccncc2)N1. The molecule has 0 saturated heterocycles. The van der Waals surface area contributed by atoms with Gasteiger partial charge in [-0.05, 0) is 53.8 Å². The smallest absolute Gasteiger partial charge is 0.341 e. The highest BCUT2D eigenvalue weighted by Crippen LogP contribution is 2.30. The molecule has 6 nitrogen and oxygen atoms in total. The first-order chi connectivity index (χ1) is 15.6. The number of nitrogens with one attached hydrogen (secondary N) is 1. The lowest BCUT2D eigenvalue weighted by atomic mass is 9.85. The minimum atomic E-state index is -0.738. The first-order valence-electron chi connectivity index (χ1n) is 10.3. The van der Waals surface area contributed by atoms with Crippen molar-refractivity contribution in [2.75, 3.05) is 0 Å². The normalized spacial score (nSPS) is 17.9. The third-order valence-electron chi connectivity index (χ3n) is 5.32. The van der Waals surface area contributed by atoms with Crippen LogP contribution in [0.15, 0.2) is 84.1 Å². The molecule has 7 heteroatoms. The molecule has 2 unspecified atom stereocenters. The Balaban J connectivity index is 1.59. The van der Waals surface area contributed by atoms with Crippen LogP contribution < -0.4 is 5.32 Å². The van der Waals surface area contributed by atoms with Gasteiger partial charge in [-0.3, -0.25) is 9.78 Å². The van der Waals surface area contributed by atoms with Gasteiger partial charge in [0.05, 0.1) is 6.04 Å². The molecular formula is C25H22ClN3O3. The third-order valence-corrected chi connectivity index (χ3v) is 5.55. The number of carbonyl (C=O) groups excluding carboxylic acids is 2. The fourth-order valence-corrected chi connectivity index (χ4v) is 3.97. The van der Waals surface area contributed by atoms with Gasteiger partial charge in [0, 0.05) is 23.1 Å². The summed E-state index contributed by atoms with van der Waals surface area (Å²) in [5.41, 5.74) is 3.15. The molecule has 3 aromatic rings. The van der Waals surface area contributed by atoms with Gasteiger partial charge in [0.2, 0.25) is 0 Å². The molecule has 32 heavy (non-hydrogen) atoms. The summed E-state index contributed by atoms with van der Waals surface area (Å²) in [4.78, 5) is 33.8. The van der Waals surface area contributed by atoms with Gasteiger partial charge in [0.1, 0.15) is 12.5 Å². The van der Waals surface area contributed by atoms with Gasteiger partial charge in [-0.2, -0.15) is 0 Å². The predicted octanol–water partition coefficient (Wildman–Crippen LogP) is 4.93. The number of esters is 1. The van der Waals surface area contributed by atoms with E-state index in [-0.39, 0.29) is 6.61 Å². The zero-order chi connectivity index (χ0) is 22.3. The molecule has 0 saturated carbocycles. The van der Waals surface area contributed by atoms with Gasteiger partial charge < -0.3 is 10.1 Å². The maximum absolute atomic E-state index is 13.2. The lowest BCUT2D eigenvalue weighted by Crippen LogP contribution is -2.45. The highest BCUT2D eigenvalue weighted by atomic mass is 35.5. The van der Waals surface area contributed by atoms with Gasteiger partial charge >= 0.3 is 12.0 Å². The lowest BCUT2D eigenvalue weighted by Gasteiger charge is -2.31. The Kier molecular flexibility index (Phi) is 6.92. The van der Waals surface area contributed by atoms with E-state index in [2.05, 4.69) is 15.3 Å². The van der Waals surface area contributed by atoms with Crippen LogP contribution in [0.5, 0.6) is 0 Å². The number of aliphatic imine (C=N–C) groups is 1. The van der Waals surface area contributed by atoms with E-state index in [9.17, 15) is 9.59 Å². The van der Waals surface area contributed by atoms with Crippen LogP contribution in [-0.2, 0) is 22.6 Å². The van der Waals surface area contributed by atoms with E-state index in [0.29, 0.717) is 23.6 Å². The number of aromatic nitrogens is 1. The van der Waals surface area contributed by atoms with E-state index in [4.69, 9.17) is 16.3 Å². The van der Waals surface area contributed by atoms with Gasteiger partial charge in [0.25, 0.3) is 0 Å². The number of hydrogen-bond donors (Lipinski definition) is 1. The highest BCUT2D eigenvalue weighted by molar-refractivity contribution is 6.30. The molecule has 4 rings (SSSR count). The number of halogens is 1. The number of benzene rings is 2. The fraction of sp³-hybridized carbons (Fsp3) is 0.200. The summed E-state index contributed by atoms with van der Waals surface area (Å²) in [6.07, 6.45) is 4.29. The van der Waals surface area contributed by atoms with Crippen molar-refractivity contribution in [1.82, 2.24) is 10.3 Å². The van der Waals surface area contributed by atoms with E-state index in [1.165, 1.54) is 0 Å². The number of aryl methyl sites for hydroxylation is 1. The summed E-state index contributed by atoms with van der Waals surface area (Å²) < 4.78 is 5.65. The molecule has 0 fully saturated rings. The number of hydrogen-bond acceptors (Lipinski definition) is 4. The van der Waals surface area contributed by atoms with E-state index in [1.807, 2.05) is 48.5 Å².